The Labute approximate surface area is 176 Å². The molecule has 2 aromatic carbocycles. The zero-order valence-electron chi connectivity index (χ0n) is 17.3. The Bertz CT molecular complexity index is 970. The van der Waals surface area contributed by atoms with Gasteiger partial charge >= 0.3 is 0 Å². The second-order valence-corrected chi connectivity index (χ2v) is 8.10. The molecule has 2 aromatic rings. The average Bonchev–Trinajstić information content (AvgIpc) is 3.35. The van der Waals surface area contributed by atoms with Gasteiger partial charge in [-0.25, -0.2) is 5.01 Å². The normalized spacial score (nSPS) is 23.0. The van der Waals surface area contributed by atoms with Crippen LogP contribution in [0, 0.1) is 5.92 Å². The number of anilines is 1. The van der Waals surface area contributed by atoms with Gasteiger partial charge in [0.15, 0.2) is 11.5 Å². The molecule has 30 heavy (non-hydrogen) atoms. The maximum Gasteiger partial charge on any atom is 0.258 e. The van der Waals surface area contributed by atoms with Crippen LogP contribution in [0.3, 0.4) is 0 Å². The van der Waals surface area contributed by atoms with Crippen LogP contribution in [0.1, 0.15) is 18.5 Å². The number of rotatable bonds is 4. The van der Waals surface area contributed by atoms with Gasteiger partial charge in [-0.1, -0.05) is 24.3 Å². The third-order valence-corrected chi connectivity index (χ3v) is 6.17. The van der Waals surface area contributed by atoms with Crippen LogP contribution in [0.4, 0.5) is 5.69 Å². The Balaban J connectivity index is 1.52. The van der Waals surface area contributed by atoms with E-state index in [1.807, 2.05) is 49.4 Å². The van der Waals surface area contributed by atoms with E-state index >= 15 is 0 Å². The summed E-state index contributed by atoms with van der Waals surface area (Å²) in [5.41, 5.74) is 2.70. The van der Waals surface area contributed by atoms with Gasteiger partial charge in [-0.3, -0.25) is 9.69 Å². The maximum absolute atomic E-state index is 13.6. The summed E-state index contributed by atoms with van der Waals surface area (Å²) in [4.78, 5) is 18.3. The van der Waals surface area contributed by atoms with Crippen LogP contribution in [0.5, 0.6) is 11.5 Å². The van der Waals surface area contributed by atoms with Crippen molar-refractivity contribution in [3.63, 3.8) is 0 Å². The Morgan fingerprint density at radius 2 is 1.73 bits per heavy atom. The number of hydrazone groups is 1. The van der Waals surface area contributed by atoms with E-state index in [0.717, 1.165) is 54.6 Å². The first-order chi connectivity index (χ1) is 14.6. The molecule has 0 N–H and O–H groups in total. The number of hydrogen-bond acceptors (Lipinski definition) is 6. The first-order valence-electron chi connectivity index (χ1n) is 10.4. The van der Waals surface area contributed by atoms with Gasteiger partial charge in [-0.05, 0) is 43.8 Å². The van der Waals surface area contributed by atoms with E-state index < -0.39 is 0 Å². The number of likely N-dealkylation sites (N-methyl/N-ethyl adjacent to an activating group) is 1. The Morgan fingerprint density at radius 3 is 2.50 bits per heavy atom. The van der Waals surface area contributed by atoms with Gasteiger partial charge in [0.05, 0.1) is 23.4 Å². The van der Waals surface area contributed by atoms with Crippen molar-refractivity contribution in [1.29, 1.82) is 0 Å². The molecule has 0 bridgehead atoms. The van der Waals surface area contributed by atoms with Crippen LogP contribution in [-0.2, 0) is 4.79 Å². The van der Waals surface area contributed by atoms with Gasteiger partial charge in [-0.2, -0.15) is 5.10 Å². The molecule has 0 saturated carbocycles. The molecule has 0 aromatic heterocycles. The summed E-state index contributed by atoms with van der Waals surface area (Å²) < 4.78 is 11.1. The second-order valence-electron chi connectivity index (χ2n) is 8.10. The van der Waals surface area contributed by atoms with E-state index in [0.29, 0.717) is 0 Å². The molecule has 7 heteroatoms. The number of hydrogen-bond donors (Lipinski definition) is 0. The highest BCUT2D eigenvalue weighted by Gasteiger charge is 2.44. The largest absolute Gasteiger partial charge is 0.454 e. The van der Waals surface area contributed by atoms with Crippen LogP contribution >= 0.6 is 0 Å². The summed E-state index contributed by atoms with van der Waals surface area (Å²) in [6.45, 7) is 5.95. The molecular weight excluding hydrogens is 380 g/mol. The number of benzene rings is 2. The number of para-hydroxylation sites is 1. The van der Waals surface area contributed by atoms with Gasteiger partial charge in [0.1, 0.15) is 0 Å². The lowest BCUT2D eigenvalue weighted by Crippen LogP contribution is -2.49. The molecule has 0 radical (unpaired) electrons. The molecule has 2 unspecified atom stereocenters. The van der Waals surface area contributed by atoms with Crippen molar-refractivity contribution in [2.24, 2.45) is 11.0 Å². The molecule has 1 amide bonds. The predicted octanol–water partition coefficient (Wildman–Crippen LogP) is 2.74. The SMILES string of the molecule is CC1=NN(c2ccccc2)C(=O)C1C(c1ccc2c(c1)OCO2)N1CCN(C)CC1. The van der Waals surface area contributed by atoms with Gasteiger partial charge in [0, 0.05) is 26.2 Å². The summed E-state index contributed by atoms with van der Waals surface area (Å²) in [6.07, 6.45) is 0. The van der Waals surface area contributed by atoms with Crippen molar-refractivity contribution >= 4 is 17.3 Å². The maximum atomic E-state index is 13.6. The molecule has 7 nitrogen and oxygen atoms in total. The second kappa shape index (κ2) is 7.74. The molecule has 3 aliphatic rings. The van der Waals surface area contributed by atoms with Crippen molar-refractivity contribution in [3.05, 3.63) is 54.1 Å². The lowest BCUT2D eigenvalue weighted by molar-refractivity contribution is -0.121. The number of carbonyl (C=O) groups excluding carboxylic acids is 1. The first kappa shape index (κ1) is 19.1. The van der Waals surface area contributed by atoms with Gasteiger partial charge < -0.3 is 14.4 Å². The molecule has 3 heterocycles. The van der Waals surface area contributed by atoms with Crippen LogP contribution in [0.2, 0.25) is 0 Å². The molecule has 2 atom stereocenters. The van der Waals surface area contributed by atoms with Gasteiger partial charge in [0.2, 0.25) is 6.79 Å². The predicted molar refractivity (Wildman–Crippen MR) is 115 cm³/mol. The van der Waals surface area contributed by atoms with E-state index in [-0.39, 0.29) is 24.7 Å². The number of carbonyl (C=O) groups is 1. The average molecular weight is 406 g/mol. The molecule has 1 fully saturated rings. The summed E-state index contributed by atoms with van der Waals surface area (Å²) in [5, 5.41) is 6.21. The highest BCUT2D eigenvalue weighted by molar-refractivity contribution is 6.15. The summed E-state index contributed by atoms with van der Waals surface area (Å²) >= 11 is 0. The Hall–Kier alpha value is -2.90. The number of nitrogens with zero attached hydrogens (tertiary/aromatic N) is 4. The van der Waals surface area contributed by atoms with Crippen molar-refractivity contribution < 1.29 is 14.3 Å². The van der Waals surface area contributed by atoms with Crippen molar-refractivity contribution in [2.75, 3.05) is 45.0 Å². The number of fused-ring (bicyclic) bond motifs is 1. The topological polar surface area (TPSA) is 57.6 Å². The molecule has 156 valence electrons. The van der Waals surface area contributed by atoms with Crippen LogP contribution in [0.25, 0.3) is 0 Å². The highest BCUT2D eigenvalue weighted by atomic mass is 16.7. The lowest BCUT2D eigenvalue weighted by atomic mass is 9.87. The third kappa shape index (κ3) is 3.34. The number of ether oxygens (including phenoxy) is 2. The van der Waals surface area contributed by atoms with Gasteiger partial charge in [-0.15, -0.1) is 0 Å². The Morgan fingerprint density at radius 1 is 1.00 bits per heavy atom. The van der Waals surface area contributed by atoms with Crippen LogP contribution in [-0.4, -0.2) is 61.4 Å². The van der Waals surface area contributed by atoms with E-state index in [1.165, 1.54) is 0 Å². The molecule has 5 rings (SSSR count). The van der Waals surface area contributed by atoms with E-state index in [4.69, 9.17) is 9.47 Å². The Kier molecular flexibility index (Phi) is 4.92. The van der Waals surface area contributed by atoms with Gasteiger partial charge in [0.25, 0.3) is 5.91 Å². The van der Waals surface area contributed by atoms with Crippen LogP contribution < -0.4 is 14.5 Å². The zero-order valence-corrected chi connectivity index (χ0v) is 17.3. The number of amides is 1. The minimum absolute atomic E-state index is 0.0142. The lowest BCUT2D eigenvalue weighted by Gasteiger charge is -2.40. The van der Waals surface area contributed by atoms with E-state index in [2.05, 4.69) is 28.0 Å². The minimum atomic E-state index is -0.339. The fourth-order valence-corrected chi connectivity index (χ4v) is 4.51. The summed E-state index contributed by atoms with van der Waals surface area (Å²) in [6, 6.07) is 15.6. The summed E-state index contributed by atoms with van der Waals surface area (Å²) in [7, 11) is 2.14. The van der Waals surface area contributed by atoms with Crippen molar-refractivity contribution in [2.45, 2.75) is 13.0 Å². The molecule has 3 aliphatic heterocycles. The van der Waals surface area contributed by atoms with Crippen molar-refractivity contribution in [1.82, 2.24) is 9.80 Å². The fourth-order valence-electron chi connectivity index (χ4n) is 4.51. The molecule has 1 saturated heterocycles. The zero-order chi connectivity index (χ0) is 20.7. The van der Waals surface area contributed by atoms with Crippen molar-refractivity contribution in [3.8, 4) is 11.5 Å². The summed E-state index contributed by atoms with van der Waals surface area (Å²) in [5.74, 6) is 1.17. The minimum Gasteiger partial charge on any atom is -0.454 e. The van der Waals surface area contributed by atoms with Crippen LogP contribution in [0.15, 0.2) is 53.6 Å². The highest BCUT2D eigenvalue weighted by Crippen LogP contribution is 2.41. The monoisotopic (exact) mass is 406 g/mol. The standard InChI is InChI=1S/C23H26N4O3/c1-16-21(23(28)27(24-16)18-6-4-3-5-7-18)22(26-12-10-25(2)11-13-26)17-8-9-19-20(14-17)30-15-29-19/h3-9,14,21-22H,10-13,15H2,1-2H3. The smallest absolute Gasteiger partial charge is 0.258 e. The molecule has 0 spiro atoms. The molecule has 0 aliphatic carbocycles. The number of piperazine rings is 1. The van der Waals surface area contributed by atoms with E-state index in [9.17, 15) is 4.79 Å². The first-order valence-corrected chi connectivity index (χ1v) is 10.4. The van der Waals surface area contributed by atoms with E-state index in [1.54, 1.807) is 5.01 Å². The fraction of sp³-hybridized carbons (Fsp3) is 0.391. The molecular formula is C23H26N4O3. The quantitative estimate of drug-likeness (QED) is 0.782. The third-order valence-electron chi connectivity index (χ3n) is 6.17.